The van der Waals surface area contributed by atoms with E-state index in [4.69, 9.17) is 9.73 Å². The van der Waals surface area contributed by atoms with Gasteiger partial charge in [-0.05, 0) is 49.9 Å². The van der Waals surface area contributed by atoms with Gasteiger partial charge >= 0.3 is 0 Å². The van der Waals surface area contributed by atoms with Crippen LogP contribution in [0.4, 0.5) is 5.69 Å². The van der Waals surface area contributed by atoms with E-state index in [9.17, 15) is 5.11 Å². The number of aliphatic imine (C=N–C) groups is 1. The van der Waals surface area contributed by atoms with Crippen molar-refractivity contribution in [3.05, 3.63) is 54.1 Å². The summed E-state index contributed by atoms with van der Waals surface area (Å²) in [5.74, 6) is 1.53. The van der Waals surface area contributed by atoms with Gasteiger partial charge in [0.2, 0.25) is 0 Å². The fraction of sp³-hybridized carbons (Fsp3) is 0.435. The zero-order chi connectivity index (χ0) is 20.5. The van der Waals surface area contributed by atoms with Crippen LogP contribution in [0.2, 0.25) is 0 Å². The van der Waals surface area contributed by atoms with Gasteiger partial charge in [-0.1, -0.05) is 30.3 Å². The molecule has 0 spiro atoms. The van der Waals surface area contributed by atoms with E-state index in [-0.39, 0.29) is 29.7 Å². The summed E-state index contributed by atoms with van der Waals surface area (Å²) in [4.78, 5) is 7.15. The van der Waals surface area contributed by atoms with Gasteiger partial charge in [-0.15, -0.1) is 24.0 Å². The number of benzene rings is 2. The van der Waals surface area contributed by atoms with Crippen molar-refractivity contribution in [3.8, 4) is 11.5 Å². The fourth-order valence-corrected chi connectivity index (χ4v) is 3.70. The van der Waals surface area contributed by atoms with Gasteiger partial charge in [0.25, 0.3) is 0 Å². The highest BCUT2D eigenvalue weighted by molar-refractivity contribution is 14.0. The predicted octanol–water partition coefficient (Wildman–Crippen LogP) is 3.79. The molecule has 1 aliphatic heterocycles. The standard InChI is InChI=1S/C23H32N4O2.HI/c1-3-24-23(25-15-14-18-9-7-13-21(29-2)22(18)28)26-19-10-8-16-27(17-19)20-11-5-4-6-12-20;/h4-7,9,11-13,19,28H,3,8,10,14-17H2,1-2H3,(H2,24,25,26);1H. The maximum absolute atomic E-state index is 10.2. The number of anilines is 1. The number of aromatic hydroxyl groups is 1. The van der Waals surface area contributed by atoms with E-state index >= 15 is 0 Å². The number of halogens is 1. The zero-order valence-electron chi connectivity index (χ0n) is 17.8. The van der Waals surface area contributed by atoms with Gasteiger partial charge in [0.15, 0.2) is 17.5 Å². The zero-order valence-corrected chi connectivity index (χ0v) is 20.1. The maximum atomic E-state index is 10.2. The summed E-state index contributed by atoms with van der Waals surface area (Å²) in [5, 5.41) is 17.2. The van der Waals surface area contributed by atoms with Crippen molar-refractivity contribution < 1.29 is 9.84 Å². The van der Waals surface area contributed by atoms with Crippen molar-refractivity contribution in [2.24, 2.45) is 4.99 Å². The molecule has 0 radical (unpaired) electrons. The first-order chi connectivity index (χ1) is 14.2. The van der Waals surface area contributed by atoms with Gasteiger partial charge in [0.1, 0.15) is 0 Å². The van der Waals surface area contributed by atoms with Gasteiger partial charge in [-0.3, -0.25) is 4.99 Å². The molecule has 7 heteroatoms. The van der Waals surface area contributed by atoms with Gasteiger partial charge in [0.05, 0.1) is 7.11 Å². The third kappa shape index (κ3) is 6.68. The number of phenolic OH excluding ortho intramolecular Hbond substituents is 1. The molecule has 0 saturated carbocycles. The van der Waals surface area contributed by atoms with Crippen molar-refractivity contribution in [1.29, 1.82) is 0 Å². The molecule has 1 aliphatic rings. The van der Waals surface area contributed by atoms with Crippen molar-refractivity contribution in [1.82, 2.24) is 10.6 Å². The minimum atomic E-state index is 0. The molecule has 1 heterocycles. The first-order valence-corrected chi connectivity index (χ1v) is 10.4. The number of nitrogens with zero attached hydrogens (tertiary/aromatic N) is 2. The molecule has 2 aromatic rings. The Balaban J connectivity index is 0.00000320. The lowest BCUT2D eigenvalue weighted by atomic mass is 10.1. The summed E-state index contributed by atoms with van der Waals surface area (Å²) >= 11 is 0. The largest absolute Gasteiger partial charge is 0.504 e. The Bertz CT molecular complexity index is 801. The van der Waals surface area contributed by atoms with Crippen LogP contribution in [0.5, 0.6) is 11.5 Å². The Morgan fingerprint density at radius 1 is 1.20 bits per heavy atom. The minimum Gasteiger partial charge on any atom is -0.504 e. The first-order valence-electron chi connectivity index (χ1n) is 10.4. The third-order valence-corrected chi connectivity index (χ3v) is 5.18. The molecule has 0 amide bonds. The summed E-state index contributed by atoms with van der Waals surface area (Å²) in [7, 11) is 1.56. The molecule has 6 nitrogen and oxygen atoms in total. The summed E-state index contributed by atoms with van der Waals surface area (Å²) in [6.07, 6.45) is 2.94. The number of piperidine rings is 1. The maximum Gasteiger partial charge on any atom is 0.191 e. The number of phenols is 1. The van der Waals surface area contributed by atoms with Gasteiger partial charge in [0, 0.05) is 37.9 Å². The van der Waals surface area contributed by atoms with Crippen molar-refractivity contribution >= 4 is 35.6 Å². The SMILES string of the molecule is CCNC(=NCCc1cccc(OC)c1O)NC1CCCN(c2ccccc2)C1.I. The molecule has 3 rings (SSSR count). The number of rotatable bonds is 7. The normalized spacial score (nSPS) is 16.5. The molecule has 2 aromatic carbocycles. The third-order valence-electron chi connectivity index (χ3n) is 5.18. The molecule has 0 aromatic heterocycles. The van der Waals surface area contributed by atoms with Crippen LogP contribution in [0.3, 0.4) is 0 Å². The van der Waals surface area contributed by atoms with Crippen molar-refractivity contribution in [2.45, 2.75) is 32.2 Å². The van der Waals surface area contributed by atoms with Gasteiger partial charge < -0.3 is 25.4 Å². The van der Waals surface area contributed by atoms with Crippen LogP contribution < -0.4 is 20.3 Å². The van der Waals surface area contributed by atoms with E-state index in [1.54, 1.807) is 13.2 Å². The Hall–Kier alpha value is -2.16. The molecule has 1 fully saturated rings. The van der Waals surface area contributed by atoms with Gasteiger partial charge in [-0.2, -0.15) is 0 Å². The number of hydrogen-bond donors (Lipinski definition) is 3. The highest BCUT2D eigenvalue weighted by Gasteiger charge is 2.20. The topological polar surface area (TPSA) is 69.1 Å². The number of hydrogen-bond acceptors (Lipinski definition) is 4. The molecular formula is C23H33IN4O2. The molecule has 3 N–H and O–H groups in total. The van der Waals surface area contributed by atoms with Crippen LogP contribution in [0.1, 0.15) is 25.3 Å². The number of ether oxygens (including phenoxy) is 1. The molecule has 164 valence electrons. The number of nitrogens with one attached hydrogen (secondary N) is 2. The highest BCUT2D eigenvalue weighted by atomic mass is 127. The number of para-hydroxylation sites is 2. The van der Waals surface area contributed by atoms with E-state index in [1.807, 2.05) is 12.1 Å². The molecule has 0 aliphatic carbocycles. The second kappa shape index (κ2) is 12.5. The average molecular weight is 524 g/mol. The smallest absolute Gasteiger partial charge is 0.191 e. The summed E-state index contributed by atoms with van der Waals surface area (Å²) in [6, 6.07) is 16.5. The molecule has 30 heavy (non-hydrogen) atoms. The summed E-state index contributed by atoms with van der Waals surface area (Å²) < 4.78 is 5.18. The lowest BCUT2D eigenvalue weighted by molar-refractivity contribution is 0.370. The number of methoxy groups -OCH3 is 1. The monoisotopic (exact) mass is 524 g/mol. The van der Waals surface area contributed by atoms with E-state index in [1.165, 1.54) is 5.69 Å². The van der Waals surface area contributed by atoms with Crippen LogP contribution in [-0.2, 0) is 6.42 Å². The van der Waals surface area contributed by atoms with E-state index in [2.05, 4.69) is 52.8 Å². The van der Waals surface area contributed by atoms with E-state index < -0.39 is 0 Å². The highest BCUT2D eigenvalue weighted by Crippen LogP contribution is 2.29. The molecule has 1 saturated heterocycles. The quantitative estimate of drug-likeness (QED) is 0.292. The van der Waals surface area contributed by atoms with Crippen molar-refractivity contribution in [3.63, 3.8) is 0 Å². The first kappa shape index (κ1) is 24.1. The van der Waals surface area contributed by atoms with Crippen LogP contribution in [-0.4, -0.2) is 50.4 Å². The second-order valence-electron chi connectivity index (χ2n) is 7.24. The Kier molecular flexibility index (Phi) is 10.1. The summed E-state index contributed by atoms with van der Waals surface area (Å²) in [5.41, 5.74) is 2.12. The Labute approximate surface area is 196 Å². The van der Waals surface area contributed by atoms with Crippen LogP contribution in [0.15, 0.2) is 53.5 Å². The lowest BCUT2D eigenvalue weighted by Crippen LogP contribution is -2.51. The minimum absolute atomic E-state index is 0. The number of guanidine groups is 1. The van der Waals surface area contributed by atoms with Gasteiger partial charge in [-0.25, -0.2) is 0 Å². The molecule has 1 unspecified atom stereocenters. The van der Waals surface area contributed by atoms with Crippen LogP contribution in [0, 0.1) is 0 Å². The lowest BCUT2D eigenvalue weighted by Gasteiger charge is -2.35. The van der Waals surface area contributed by atoms with Crippen LogP contribution in [0.25, 0.3) is 0 Å². The van der Waals surface area contributed by atoms with Crippen molar-refractivity contribution in [2.75, 3.05) is 38.2 Å². The predicted molar refractivity (Wildman–Crippen MR) is 135 cm³/mol. The van der Waals surface area contributed by atoms with Crippen LogP contribution >= 0.6 is 24.0 Å². The Morgan fingerprint density at radius 2 is 2.00 bits per heavy atom. The molecule has 0 bridgehead atoms. The fourth-order valence-electron chi connectivity index (χ4n) is 3.70. The Morgan fingerprint density at radius 3 is 2.73 bits per heavy atom. The van der Waals surface area contributed by atoms with E-state index in [0.29, 0.717) is 24.8 Å². The van der Waals surface area contributed by atoms with E-state index in [0.717, 1.165) is 44.0 Å². The molecular weight excluding hydrogens is 491 g/mol. The average Bonchev–Trinajstić information content (AvgIpc) is 2.76. The second-order valence-corrected chi connectivity index (χ2v) is 7.24. The molecule has 1 atom stereocenters. The summed E-state index contributed by atoms with van der Waals surface area (Å²) in [6.45, 7) is 5.52.